The summed E-state index contributed by atoms with van der Waals surface area (Å²) in [7, 11) is 0. The SMILES string of the molecule is CCC(CC)N(CC(C)C)c1nc(C(C)(C)C)c(C=O)s1. The lowest BCUT2D eigenvalue weighted by molar-refractivity contribution is 0.112. The fourth-order valence-corrected chi connectivity index (χ4v) is 3.74. The molecule has 0 aliphatic heterocycles. The van der Waals surface area contributed by atoms with E-state index in [0.717, 1.165) is 41.4 Å². The van der Waals surface area contributed by atoms with Crippen LogP contribution in [0.5, 0.6) is 0 Å². The van der Waals surface area contributed by atoms with Crippen LogP contribution in [0.25, 0.3) is 0 Å². The average molecular weight is 311 g/mol. The monoisotopic (exact) mass is 310 g/mol. The third-order valence-corrected chi connectivity index (χ3v) is 4.67. The summed E-state index contributed by atoms with van der Waals surface area (Å²) in [6.45, 7) is 16.2. The molecule has 0 unspecified atom stereocenters. The molecule has 1 rings (SSSR count). The molecular formula is C17H30N2OS. The number of thiazole rings is 1. The van der Waals surface area contributed by atoms with Crippen molar-refractivity contribution in [2.45, 2.75) is 72.8 Å². The van der Waals surface area contributed by atoms with Crippen LogP contribution in [0.2, 0.25) is 0 Å². The van der Waals surface area contributed by atoms with Crippen molar-refractivity contribution >= 4 is 22.8 Å². The Bertz CT molecular complexity index is 456. The van der Waals surface area contributed by atoms with Gasteiger partial charge in [-0.2, -0.15) is 0 Å². The molecule has 4 heteroatoms. The first-order valence-electron chi connectivity index (χ1n) is 7.97. The highest BCUT2D eigenvalue weighted by atomic mass is 32.1. The fraction of sp³-hybridized carbons (Fsp3) is 0.765. The van der Waals surface area contributed by atoms with Gasteiger partial charge in [0, 0.05) is 18.0 Å². The zero-order valence-electron chi connectivity index (χ0n) is 14.6. The van der Waals surface area contributed by atoms with Gasteiger partial charge < -0.3 is 4.90 Å². The van der Waals surface area contributed by atoms with Gasteiger partial charge in [0.05, 0.1) is 10.6 Å². The summed E-state index contributed by atoms with van der Waals surface area (Å²) < 4.78 is 0. The van der Waals surface area contributed by atoms with Crippen molar-refractivity contribution in [1.29, 1.82) is 0 Å². The van der Waals surface area contributed by atoms with Crippen LogP contribution in [0, 0.1) is 5.92 Å². The number of carbonyl (C=O) groups is 1. The van der Waals surface area contributed by atoms with Crippen LogP contribution in [0.4, 0.5) is 5.13 Å². The highest BCUT2D eigenvalue weighted by molar-refractivity contribution is 7.17. The Balaban J connectivity index is 3.25. The lowest BCUT2D eigenvalue weighted by Gasteiger charge is -2.31. The first-order chi connectivity index (χ1) is 9.74. The summed E-state index contributed by atoms with van der Waals surface area (Å²) in [6, 6.07) is 0.492. The number of aldehydes is 1. The lowest BCUT2D eigenvalue weighted by atomic mass is 9.91. The standard InChI is InChI=1S/C17H30N2OS/c1-8-13(9-2)19(10-12(3)4)16-18-15(17(5,6)7)14(11-20)21-16/h11-13H,8-10H2,1-7H3. The zero-order valence-corrected chi connectivity index (χ0v) is 15.4. The molecule has 0 aromatic carbocycles. The zero-order chi connectivity index (χ0) is 16.2. The summed E-state index contributed by atoms with van der Waals surface area (Å²) in [5.41, 5.74) is 0.833. The topological polar surface area (TPSA) is 33.2 Å². The molecule has 21 heavy (non-hydrogen) atoms. The second-order valence-corrected chi connectivity index (χ2v) is 8.10. The number of hydrogen-bond acceptors (Lipinski definition) is 4. The van der Waals surface area contributed by atoms with Crippen molar-refractivity contribution in [3.05, 3.63) is 10.6 Å². The van der Waals surface area contributed by atoms with Crippen molar-refractivity contribution in [2.24, 2.45) is 5.92 Å². The maximum Gasteiger partial charge on any atom is 0.186 e. The minimum atomic E-state index is -0.0948. The Labute approximate surface area is 133 Å². The smallest absolute Gasteiger partial charge is 0.186 e. The molecular weight excluding hydrogens is 280 g/mol. The molecule has 0 saturated heterocycles. The molecule has 1 aromatic rings. The van der Waals surface area contributed by atoms with Gasteiger partial charge in [0.25, 0.3) is 0 Å². The molecule has 1 aromatic heterocycles. The van der Waals surface area contributed by atoms with E-state index >= 15 is 0 Å². The Morgan fingerprint density at radius 1 is 1.24 bits per heavy atom. The van der Waals surface area contributed by atoms with E-state index in [4.69, 9.17) is 4.98 Å². The summed E-state index contributed by atoms with van der Waals surface area (Å²) in [6.07, 6.45) is 3.16. The first kappa shape index (κ1) is 18.1. The van der Waals surface area contributed by atoms with Crippen molar-refractivity contribution in [3.8, 4) is 0 Å². The van der Waals surface area contributed by atoms with E-state index in [1.54, 1.807) is 11.3 Å². The fourth-order valence-electron chi connectivity index (χ4n) is 2.57. The van der Waals surface area contributed by atoms with Gasteiger partial charge in [-0.15, -0.1) is 0 Å². The highest BCUT2D eigenvalue weighted by Gasteiger charge is 2.27. The van der Waals surface area contributed by atoms with Crippen LogP contribution in [0.3, 0.4) is 0 Å². The second-order valence-electron chi connectivity index (χ2n) is 7.09. The Morgan fingerprint density at radius 3 is 2.14 bits per heavy atom. The third-order valence-electron chi connectivity index (χ3n) is 3.65. The summed E-state index contributed by atoms with van der Waals surface area (Å²) >= 11 is 1.54. The maximum atomic E-state index is 11.4. The van der Waals surface area contributed by atoms with Gasteiger partial charge >= 0.3 is 0 Å². The van der Waals surface area contributed by atoms with E-state index in [1.165, 1.54) is 0 Å². The van der Waals surface area contributed by atoms with Crippen molar-refractivity contribution in [2.75, 3.05) is 11.4 Å². The molecule has 0 bridgehead atoms. The number of hydrogen-bond donors (Lipinski definition) is 0. The van der Waals surface area contributed by atoms with Gasteiger partial charge in [0.2, 0.25) is 0 Å². The molecule has 0 radical (unpaired) electrons. The molecule has 120 valence electrons. The van der Waals surface area contributed by atoms with Gasteiger partial charge in [-0.05, 0) is 18.8 Å². The molecule has 0 aliphatic carbocycles. The predicted molar refractivity (Wildman–Crippen MR) is 92.8 cm³/mol. The molecule has 0 spiro atoms. The number of aromatic nitrogens is 1. The quantitative estimate of drug-likeness (QED) is 0.671. The third kappa shape index (κ3) is 4.53. The highest BCUT2D eigenvalue weighted by Crippen LogP contribution is 2.34. The Morgan fingerprint density at radius 2 is 1.81 bits per heavy atom. The van der Waals surface area contributed by atoms with E-state index in [2.05, 4.69) is 53.4 Å². The lowest BCUT2D eigenvalue weighted by Crippen LogP contribution is -2.37. The van der Waals surface area contributed by atoms with Crippen molar-refractivity contribution in [1.82, 2.24) is 4.98 Å². The van der Waals surface area contributed by atoms with Crippen molar-refractivity contribution < 1.29 is 4.79 Å². The number of carbonyl (C=O) groups excluding carboxylic acids is 1. The predicted octanol–water partition coefficient (Wildman–Crippen LogP) is 4.90. The molecule has 3 nitrogen and oxygen atoms in total. The van der Waals surface area contributed by atoms with Crippen LogP contribution in [0.15, 0.2) is 0 Å². The minimum absolute atomic E-state index is 0.0948. The van der Waals surface area contributed by atoms with Gasteiger partial charge in [-0.3, -0.25) is 4.79 Å². The van der Waals surface area contributed by atoms with Crippen LogP contribution in [-0.2, 0) is 5.41 Å². The van der Waals surface area contributed by atoms with E-state index in [9.17, 15) is 4.79 Å². The number of anilines is 1. The van der Waals surface area contributed by atoms with Gasteiger partial charge in [-0.25, -0.2) is 4.98 Å². The summed E-state index contributed by atoms with van der Waals surface area (Å²) in [5, 5.41) is 1.00. The Kier molecular flexibility index (Phi) is 6.39. The normalized spacial score (nSPS) is 12.2. The van der Waals surface area contributed by atoms with E-state index in [-0.39, 0.29) is 5.41 Å². The molecule has 0 aliphatic rings. The molecule has 0 fully saturated rings. The van der Waals surface area contributed by atoms with Crippen LogP contribution < -0.4 is 4.90 Å². The van der Waals surface area contributed by atoms with E-state index in [0.29, 0.717) is 12.0 Å². The summed E-state index contributed by atoms with van der Waals surface area (Å²) in [4.78, 5) is 19.4. The second kappa shape index (κ2) is 7.39. The van der Waals surface area contributed by atoms with Gasteiger partial charge in [0.15, 0.2) is 11.4 Å². The number of nitrogens with zero attached hydrogens (tertiary/aromatic N) is 2. The molecule has 0 amide bonds. The van der Waals surface area contributed by atoms with Crippen LogP contribution in [-0.4, -0.2) is 23.9 Å². The van der Waals surface area contributed by atoms with Gasteiger partial charge in [-0.1, -0.05) is 59.8 Å². The van der Waals surface area contributed by atoms with Crippen molar-refractivity contribution in [3.63, 3.8) is 0 Å². The average Bonchev–Trinajstić information content (AvgIpc) is 2.82. The van der Waals surface area contributed by atoms with Crippen LogP contribution >= 0.6 is 11.3 Å². The number of rotatable bonds is 7. The Hall–Kier alpha value is -0.900. The molecule has 0 saturated carbocycles. The molecule has 1 heterocycles. The largest absolute Gasteiger partial charge is 0.345 e. The van der Waals surface area contributed by atoms with E-state index in [1.807, 2.05) is 0 Å². The van der Waals surface area contributed by atoms with Crippen LogP contribution in [0.1, 0.15) is 76.7 Å². The van der Waals surface area contributed by atoms with E-state index < -0.39 is 0 Å². The summed E-state index contributed by atoms with van der Waals surface area (Å²) in [5.74, 6) is 0.576. The maximum absolute atomic E-state index is 11.4. The first-order valence-corrected chi connectivity index (χ1v) is 8.79. The van der Waals surface area contributed by atoms with Gasteiger partial charge in [0.1, 0.15) is 0 Å². The molecule has 0 N–H and O–H groups in total. The molecule has 0 atom stereocenters. The minimum Gasteiger partial charge on any atom is -0.345 e.